The van der Waals surface area contributed by atoms with Crippen LogP contribution in [0.3, 0.4) is 0 Å². The number of carbonyl (C=O) groups excluding carboxylic acids is 3. The van der Waals surface area contributed by atoms with Crippen LogP contribution in [0.4, 0.5) is 4.79 Å². The summed E-state index contributed by atoms with van der Waals surface area (Å²) in [6, 6.07) is 7.70. The Morgan fingerprint density at radius 1 is 1.40 bits per heavy atom. The molecule has 0 bridgehead atoms. The Morgan fingerprint density at radius 2 is 2.20 bits per heavy atom. The van der Waals surface area contributed by atoms with Gasteiger partial charge < -0.3 is 10.6 Å². The fourth-order valence-electron chi connectivity index (χ4n) is 3.06. The molecule has 0 aliphatic carbocycles. The second kappa shape index (κ2) is 8.69. The Kier molecular flexibility index (Phi) is 6.87. The minimum Gasteiger partial charge on any atom is -0.349 e. The van der Waals surface area contributed by atoms with E-state index in [4.69, 9.17) is 0 Å². The van der Waals surface area contributed by atoms with Gasteiger partial charge in [0.15, 0.2) is 0 Å². The van der Waals surface area contributed by atoms with Crippen LogP contribution in [0.15, 0.2) is 24.3 Å². The first-order chi connectivity index (χ1) is 11.5. The molecule has 1 aromatic carbocycles. The first-order valence-corrected chi connectivity index (χ1v) is 9.12. The number of nitrogens with one attached hydrogen (secondary N) is 2. The predicted molar refractivity (Wildman–Crippen MR) is 100 cm³/mol. The lowest BCUT2D eigenvalue weighted by Crippen LogP contribution is -2.46. The lowest BCUT2D eigenvalue weighted by atomic mass is 10.00. The topological polar surface area (TPSA) is 78.5 Å². The fourth-order valence-corrected chi connectivity index (χ4v) is 3.78. The smallest absolute Gasteiger partial charge is 0.289 e. The number of thioether (sulfide) groups is 1. The molecule has 3 rings (SSSR count). The van der Waals surface area contributed by atoms with Gasteiger partial charge in [-0.15, -0.1) is 12.4 Å². The molecule has 0 spiro atoms. The Hall–Kier alpha value is -1.57. The highest BCUT2D eigenvalue weighted by molar-refractivity contribution is 8.14. The van der Waals surface area contributed by atoms with Crippen LogP contribution in [0.25, 0.3) is 0 Å². The maximum Gasteiger partial charge on any atom is 0.289 e. The van der Waals surface area contributed by atoms with Gasteiger partial charge in [0, 0.05) is 17.6 Å². The summed E-state index contributed by atoms with van der Waals surface area (Å²) in [5.41, 5.74) is 1.34. The van der Waals surface area contributed by atoms with Gasteiger partial charge in [0.25, 0.3) is 11.1 Å². The van der Waals surface area contributed by atoms with Crippen LogP contribution in [0, 0.1) is 0 Å². The molecule has 0 aromatic heterocycles. The van der Waals surface area contributed by atoms with Crippen LogP contribution in [0.2, 0.25) is 0 Å². The highest BCUT2D eigenvalue weighted by atomic mass is 35.5. The van der Waals surface area contributed by atoms with Crippen LogP contribution in [-0.2, 0) is 11.3 Å². The third-order valence-electron chi connectivity index (χ3n) is 4.33. The summed E-state index contributed by atoms with van der Waals surface area (Å²) < 4.78 is 0. The van der Waals surface area contributed by atoms with Gasteiger partial charge in [0.1, 0.15) is 0 Å². The number of piperidine rings is 1. The maximum absolute atomic E-state index is 12.5. The lowest BCUT2D eigenvalue weighted by Gasteiger charge is -2.28. The fraction of sp³-hybridized carbons (Fsp3) is 0.471. The first-order valence-electron chi connectivity index (χ1n) is 8.13. The third-order valence-corrected chi connectivity index (χ3v) is 5.19. The zero-order valence-corrected chi connectivity index (χ0v) is 15.6. The Balaban J connectivity index is 0.00000225. The minimum atomic E-state index is -0.224. The minimum absolute atomic E-state index is 0. The van der Waals surface area contributed by atoms with Crippen molar-refractivity contribution in [2.45, 2.75) is 38.4 Å². The van der Waals surface area contributed by atoms with Crippen LogP contribution in [0.5, 0.6) is 0 Å². The summed E-state index contributed by atoms with van der Waals surface area (Å²) in [4.78, 5) is 37.1. The van der Waals surface area contributed by atoms with Crippen molar-refractivity contribution in [1.82, 2.24) is 15.5 Å². The molecule has 3 amide bonds. The number of hydrogen-bond acceptors (Lipinski definition) is 5. The normalized spacial score (nSPS) is 23.3. The zero-order valence-electron chi connectivity index (χ0n) is 14.0. The van der Waals surface area contributed by atoms with Gasteiger partial charge in [-0.05, 0) is 44.0 Å². The summed E-state index contributed by atoms with van der Waals surface area (Å²) in [5.74, 6) is -0.0830. The molecule has 2 saturated heterocycles. The molecular weight excluding hydrogens is 362 g/mol. The van der Waals surface area contributed by atoms with Crippen molar-refractivity contribution in [3.05, 3.63) is 35.4 Å². The van der Waals surface area contributed by atoms with Gasteiger partial charge in [0.2, 0.25) is 5.91 Å². The molecule has 1 aromatic rings. The van der Waals surface area contributed by atoms with E-state index in [1.807, 2.05) is 6.07 Å². The maximum atomic E-state index is 12.5. The van der Waals surface area contributed by atoms with Crippen LogP contribution in [0.1, 0.15) is 35.7 Å². The van der Waals surface area contributed by atoms with Crippen molar-refractivity contribution in [3.63, 3.8) is 0 Å². The summed E-state index contributed by atoms with van der Waals surface area (Å²) in [7, 11) is 0. The number of nitrogens with zero attached hydrogens (tertiary/aromatic N) is 1. The van der Waals surface area contributed by atoms with Crippen molar-refractivity contribution in [2.75, 3.05) is 12.3 Å². The average molecular weight is 384 g/mol. The van der Waals surface area contributed by atoms with E-state index in [-0.39, 0.29) is 47.8 Å². The van der Waals surface area contributed by atoms with Gasteiger partial charge in [0.05, 0.1) is 12.3 Å². The molecule has 2 unspecified atom stereocenters. The highest BCUT2D eigenvalue weighted by Crippen LogP contribution is 2.21. The molecule has 2 heterocycles. The molecule has 25 heavy (non-hydrogen) atoms. The van der Waals surface area contributed by atoms with Crippen molar-refractivity contribution in [1.29, 1.82) is 0 Å². The van der Waals surface area contributed by atoms with Gasteiger partial charge >= 0.3 is 0 Å². The predicted octanol–water partition coefficient (Wildman–Crippen LogP) is 2.17. The molecular formula is C17H22ClN3O3S. The molecule has 0 saturated carbocycles. The molecule has 136 valence electrons. The zero-order chi connectivity index (χ0) is 17.1. The molecule has 6 nitrogen and oxygen atoms in total. The molecule has 2 aliphatic heterocycles. The number of rotatable bonds is 4. The molecule has 0 radical (unpaired) electrons. The summed E-state index contributed by atoms with van der Waals surface area (Å²) in [6.45, 7) is 3.24. The SMILES string of the molecule is CC1CC(NC(=O)c2cccc(CN3C(=O)CSC3=O)c2)CCN1.Cl. The average Bonchev–Trinajstić information content (AvgIpc) is 2.87. The molecule has 2 N–H and O–H groups in total. The highest BCUT2D eigenvalue weighted by Gasteiger charge is 2.29. The number of amides is 3. The Bertz CT molecular complexity index is 654. The van der Waals surface area contributed by atoms with Crippen LogP contribution in [-0.4, -0.2) is 46.3 Å². The largest absolute Gasteiger partial charge is 0.349 e. The van der Waals surface area contributed by atoms with Gasteiger partial charge in [-0.3, -0.25) is 19.3 Å². The van der Waals surface area contributed by atoms with Crippen molar-refractivity contribution >= 4 is 41.2 Å². The van der Waals surface area contributed by atoms with Crippen molar-refractivity contribution < 1.29 is 14.4 Å². The third kappa shape index (κ3) is 4.96. The number of benzene rings is 1. The standard InChI is InChI=1S/C17H21N3O3S.ClH/c1-11-7-14(5-6-18-11)19-16(22)13-4-2-3-12(8-13)9-20-15(21)10-24-17(20)23;/h2-4,8,11,14,18H,5-7,9-10H2,1H3,(H,19,22);1H. The van der Waals surface area contributed by atoms with E-state index in [2.05, 4.69) is 17.6 Å². The van der Waals surface area contributed by atoms with Gasteiger partial charge in [-0.1, -0.05) is 23.9 Å². The van der Waals surface area contributed by atoms with Gasteiger partial charge in [-0.25, -0.2) is 0 Å². The quantitative estimate of drug-likeness (QED) is 0.833. The van der Waals surface area contributed by atoms with E-state index in [0.29, 0.717) is 11.6 Å². The van der Waals surface area contributed by atoms with Gasteiger partial charge in [-0.2, -0.15) is 0 Å². The van der Waals surface area contributed by atoms with E-state index >= 15 is 0 Å². The monoisotopic (exact) mass is 383 g/mol. The van der Waals surface area contributed by atoms with E-state index in [9.17, 15) is 14.4 Å². The summed E-state index contributed by atoms with van der Waals surface area (Å²) in [6.07, 6.45) is 1.84. The van der Waals surface area contributed by atoms with E-state index in [1.165, 1.54) is 4.90 Å². The molecule has 2 fully saturated rings. The lowest BCUT2D eigenvalue weighted by molar-refractivity contribution is -0.125. The molecule has 2 aliphatic rings. The number of halogens is 1. The van der Waals surface area contributed by atoms with E-state index < -0.39 is 0 Å². The van der Waals surface area contributed by atoms with E-state index in [1.54, 1.807) is 18.2 Å². The van der Waals surface area contributed by atoms with E-state index in [0.717, 1.165) is 36.7 Å². The number of imide groups is 1. The number of carbonyl (C=O) groups is 3. The second-order valence-corrected chi connectivity index (χ2v) is 7.21. The van der Waals surface area contributed by atoms with Crippen LogP contribution < -0.4 is 10.6 Å². The number of hydrogen-bond donors (Lipinski definition) is 2. The van der Waals surface area contributed by atoms with Crippen molar-refractivity contribution in [2.24, 2.45) is 0 Å². The van der Waals surface area contributed by atoms with Crippen molar-refractivity contribution in [3.8, 4) is 0 Å². The molecule has 8 heteroatoms. The van der Waals surface area contributed by atoms with Crippen LogP contribution >= 0.6 is 24.2 Å². The second-order valence-electron chi connectivity index (χ2n) is 6.28. The summed E-state index contributed by atoms with van der Waals surface area (Å²) >= 11 is 1.02. The first kappa shape index (κ1) is 19.8. The molecule has 2 atom stereocenters. The Morgan fingerprint density at radius 3 is 2.88 bits per heavy atom. The summed E-state index contributed by atoms with van der Waals surface area (Å²) in [5, 5.41) is 6.21. The Labute approximate surface area is 157 Å².